The van der Waals surface area contributed by atoms with Crippen LogP contribution in [0.15, 0.2) is 22.4 Å². The van der Waals surface area contributed by atoms with Crippen molar-refractivity contribution in [1.29, 1.82) is 0 Å². The lowest BCUT2D eigenvalue weighted by atomic mass is 10.2. The molecule has 1 saturated heterocycles. The van der Waals surface area contributed by atoms with Crippen LogP contribution in [0.25, 0.3) is 0 Å². The van der Waals surface area contributed by atoms with Gasteiger partial charge in [0.15, 0.2) is 11.7 Å². The number of ether oxygens (including phenoxy) is 1. The predicted molar refractivity (Wildman–Crippen MR) is 85.0 cm³/mol. The van der Waals surface area contributed by atoms with Gasteiger partial charge in [0.25, 0.3) is 0 Å². The third-order valence-electron chi connectivity index (χ3n) is 3.75. The topological polar surface area (TPSA) is 60.7 Å². The smallest absolute Gasteiger partial charge is 0.410 e. The van der Waals surface area contributed by atoms with Gasteiger partial charge in [0.05, 0.1) is 6.54 Å². The predicted octanol–water partition coefficient (Wildman–Crippen LogP) is 1.14. The second kappa shape index (κ2) is 5.62. The van der Waals surface area contributed by atoms with E-state index >= 15 is 0 Å². The van der Waals surface area contributed by atoms with Crippen molar-refractivity contribution in [3.8, 4) is 0 Å². The third kappa shape index (κ3) is 3.08. The maximum atomic E-state index is 12.1. The fraction of sp³-hybridized carbons (Fsp3) is 0.667. The summed E-state index contributed by atoms with van der Waals surface area (Å²) in [5.74, 6) is 1.87. The Morgan fingerprint density at radius 1 is 1.14 bits per heavy atom. The summed E-state index contributed by atoms with van der Waals surface area (Å²) in [6.45, 7) is 10.2. The molecule has 3 rings (SSSR count). The number of hydrogen-bond acceptors (Lipinski definition) is 6. The molecule has 0 aromatic heterocycles. The molecule has 0 saturated carbocycles. The minimum atomic E-state index is -0.453. The highest BCUT2D eigenvalue weighted by Crippen LogP contribution is 2.15. The van der Waals surface area contributed by atoms with Crippen molar-refractivity contribution < 1.29 is 9.53 Å². The number of hydrogen-bond donors (Lipinski definition) is 0. The number of amides is 1. The van der Waals surface area contributed by atoms with Crippen LogP contribution in [0.2, 0.25) is 0 Å². The summed E-state index contributed by atoms with van der Waals surface area (Å²) < 4.78 is 5.42. The van der Waals surface area contributed by atoms with Gasteiger partial charge >= 0.3 is 6.09 Å². The second-order valence-electron chi connectivity index (χ2n) is 6.60. The fourth-order valence-corrected chi connectivity index (χ4v) is 2.70. The molecular formula is C15H23N5O2. The zero-order chi connectivity index (χ0) is 15.7. The van der Waals surface area contributed by atoms with E-state index in [-0.39, 0.29) is 6.09 Å². The lowest BCUT2D eigenvalue weighted by molar-refractivity contribution is 0.0188. The maximum absolute atomic E-state index is 12.1. The highest BCUT2D eigenvalue weighted by Gasteiger charge is 2.31. The van der Waals surface area contributed by atoms with Gasteiger partial charge in [-0.2, -0.15) is 0 Å². The van der Waals surface area contributed by atoms with Crippen molar-refractivity contribution in [2.75, 3.05) is 39.3 Å². The van der Waals surface area contributed by atoms with E-state index in [9.17, 15) is 4.79 Å². The lowest BCUT2D eigenvalue weighted by Gasteiger charge is -2.38. The van der Waals surface area contributed by atoms with Crippen molar-refractivity contribution in [2.24, 2.45) is 9.98 Å². The van der Waals surface area contributed by atoms with Crippen LogP contribution in [0.3, 0.4) is 0 Å². The summed E-state index contributed by atoms with van der Waals surface area (Å²) in [7, 11) is 0. The van der Waals surface area contributed by atoms with Crippen LogP contribution in [-0.2, 0) is 4.74 Å². The van der Waals surface area contributed by atoms with Gasteiger partial charge in [0, 0.05) is 45.1 Å². The van der Waals surface area contributed by atoms with Crippen LogP contribution < -0.4 is 0 Å². The molecule has 0 aromatic carbocycles. The van der Waals surface area contributed by atoms with Crippen molar-refractivity contribution in [3.05, 3.63) is 12.4 Å². The van der Waals surface area contributed by atoms with E-state index < -0.39 is 5.60 Å². The van der Waals surface area contributed by atoms with E-state index in [0.717, 1.165) is 37.9 Å². The molecular weight excluding hydrogens is 282 g/mol. The van der Waals surface area contributed by atoms with Crippen molar-refractivity contribution >= 4 is 17.8 Å². The number of fused-ring (bicyclic) bond motifs is 1. The first-order valence-electron chi connectivity index (χ1n) is 7.73. The molecule has 0 aliphatic carbocycles. The van der Waals surface area contributed by atoms with Crippen LogP contribution in [-0.4, -0.2) is 77.3 Å². The lowest BCUT2D eigenvalue weighted by Crippen LogP contribution is -2.54. The van der Waals surface area contributed by atoms with Gasteiger partial charge in [-0.05, 0) is 20.8 Å². The average molecular weight is 305 g/mol. The van der Waals surface area contributed by atoms with E-state index in [0.29, 0.717) is 13.1 Å². The van der Waals surface area contributed by atoms with Gasteiger partial charge in [-0.3, -0.25) is 4.99 Å². The molecule has 0 unspecified atom stereocenters. The zero-order valence-corrected chi connectivity index (χ0v) is 13.4. The minimum Gasteiger partial charge on any atom is -0.444 e. The van der Waals surface area contributed by atoms with Gasteiger partial charge in [-0.15, -0.1) is 0 Å². The Labute approximate surface area is 130 Å². The van der Waals surface area contributed by atoms with Crippen LogP contribution in [0.4, 0.5) is 4.79 Å². The Kier molecular flexibility index (Phi) is 3.80. The molecule has 120 valence electrons. The first-order chi connectivity index (χ1) is 10.4. The molecule has 22 heavy (non-hydrogen) atoms. The Bertz CT molecular complexity index is 539. The summed E-state index contributed by atoms with van der Waals surface area (Å²) in [6.07, 6.45) is 3.55. The molecule has 3 aliphatic heterocycles. The Hall–Kier alpha value is -2.05. The van der Waals surface area contributed by atoms with Crippen LogP contribution >= 0.6 is 0 Å². The molecule has 0 bridgehead atoms. The largest absolute Gasteiger partial charge is 0.444 e. The van der Waals surface area contributed by atoms with Gasteiger partial charge < -0.3 is 19.4 Å². The minimum absolute atomic E-state index is 0.238. The van der Waals surface area contributed by atoms with Crippen LogP contribution in [0.1, 0.15) is 20.8 Å². The van der Waals surface area contributed by atoms with E-state index in [2.05, 4.69) is 19.8 Å². The summed E-state index contributed by atoms with van der Waals surface area (Å²) in [5, 5.41) is 0. The summed E-state index contributed by atoms with van der Waals surface area (Å²) >= 11 is 0. The van der Waals surface area contributed by atoms with Crippen molar-refractivity contribution in [3.63, 3.8) is 0 Å². The fourth-order valence-electron chi connectivity index (χ4n) is 2.70. The number of amidine groups is 2. The molecule has 3 heterocycles. The Morgan fingerprint density at radius 3 is 2.55 bits per heavy atom. The summed E-state index contributed by atoms with van der Waals surface area (Å²) in [6, 6.07) is 0. The second-order valence-corrected chi connectivity index (χ2v) is 6.60. The SMILES string of the molecule is CC(C)(C)OC(=O)N1CCN(C2=NC=CN3CCN=C23)CC1. The number of piperazine rings is 1. The van der Waals surface area contributed by atoms with Gasteiger partial charge in [-0.1, -0.05) is 0 Å². The highest BCUT2D eigenvalue weighted by molar-refractivity contribution is 6.41. The molecule has 0 aromatic rings. The first-order valence-corrected chi connectivity index (χ1v) is 7.73. The van der Waals surface area contributed by atoms with Gasteiger partial charge in [-0.25, -0.2) is 9.79 Å². The van der Waals surface area contributed by atoms with E-state index in [1.54, 1.807) is 4.90 Å². The number of nitrogens with zero attached hydrogens (tertiary/aromatic N) is 5. The standard InChI is InChI=1S/C15H23N5O2/c1-15(2,3)22-14(21)20-10-8-19(9-11-20)13-12-16-4-6-18(12)7-5-17-13/h5,7H,4,6,8-11H2,1-3H3. The maximum Gasteiger partial charge on any atom is 0.410 e. The number of aliphatic imine (C=N–C) groups is 2. The molecule has 3 aliphatic rings. The van der Waals surface area contributed by atoms with E-state index in [4.69, 9.17) is 4.74 Å². The summed E-state index contributed by atoms with van der Waals surface area (Å²) in [5.41, 5.74) is -0.453. The van der Waals surface area contributed by atoms with Crippen molar-refractivity contribution in [1.82, 2.24) is 14.7 Å². The molecule has 1 fully saturated rings. The average Bonchev–Trinajstić information content (AvgIpc) is 2.94. The molecule has 7 nitrogen and oxygen atoms in total. The highest BCUT2D eigenvalue weighted by atomic mass is 16.6. The normalized spacial score (nSPS) is 21.5. The van der Waals surface area contributed by atoms with E-state index in [1.807, 2.05) is 33.2 Å². The third-order valence-corrected chi connectivity index (χ3v) is 3.75. The molecule has 0 spiro atoms. The van der Waals surface area contributed by atoms with Crippen LogP contribution in [0.5, 0.6) is 0 Å². The quantitative estimate of drug-likeness (QED) is 0.673. The molecule has 0 N–H and O–H groups in total. The van der Waals surface area contributed by atoms with Crippen LogP contribution in [0, 0.1) is 0 Å². The van der Waals surface area contributed by atoms with Gasteiger partial charge in [0.2, 0.25) is 0 Å². The molecule has 0 radical (unpaired) electrons. The van der Waals surface area contributed by atoms with Crippen molar-refractivity contribution in [2.45, 2.75) is 26.4 Å². The first kappa shape index (κ1) is 14.9. The molecule has 7 heteroatoms. The number of rotatable bonds is 0. The molecule has 0 atom stereocenters. The monoisotopic (exact) mass is 305 g/mol. The van der Waals surface area contributed by atoms with E-state index in [1.165, 1.54) is 0 Å². The Balaban J connectivity index is 1.59. The van der Waals surface area contributed by atoms with Gasteiger partial charge in [0.1, 0.15) is 5.60 Å². The number of carbonyl (C=O) groups is 1. The summed E-state index contributed by atoms with van der Waals surface area (Å²) in [4.78, 5) is 27.2. The Morgan fingerprint density at radius 2 is 1.86 bits per heavy atom. The molecule has 1 amide bonds. The zero-order valence-electron chi connectivity index (χ0n) is 13.4. The number of carbonyl (C=O) groups excluding carboxylic acids is 1.